The fourth-order valence-corrected chi connectivity index (χ4v) is 3.49. The summed E-state index contributed by atoms with van der Waals surface area (Å²) >= 11 is 0. The molecule has 0 fully saturated rings. The Bertz CT molecular complexity index is 129. The van der Waals surface area contributed by atoms with Gasteiger partial charge < -0.3 is 22.9 Å². The van der Waals surface area contributed by atoms with Crippen molar-refractivity contribution >= 4 is 21.6 Å². The molecule has 0 radical (unpaired) electrons. The van der Waals surface area contributed by atoms with E-state index in [1.54, 1.807) is 0 Å². The van der Waals surface area contributed by atoms with Crippen LogP contribution >= 0.6 is 21.6 Å². The SMILES string of the molecule is NC(N)CCCCSSCCCCC(N)N. The minimum absolute atomic E-state index is 0.141. The predicted octanol–water partition coefficient (Wildman–Crippen LogP) is 1.20. The van der Waals surface area contributed by atoms with E-state index in [1.807, 2.05) is 21.6 Å². The molecule has 0 saturated heterocycles. The second kappa shape index (κ2) is 12.0. The molecular weight excluding hydrogens is 240 g/mol. The third-order valence-electron chi connectivity index (χ3n) is 2.11. The van der Waals surface area contributed by atoms with Gasteiger partial charge in [-0.1, -0.05) is 21.6 Å². The van der Waals surface area contributed by atoms with Gasteiger partial charge in [-0.2, -0.15) is 0 Å². The lowest BCUT2D eigenvalue weighted by molar-refractivity contribution is 0.597. The highest BCUT2D eigenvalue weighted by Gasteiger charge is 1.97. The molecule has 0 atom stereocenters. The Morgan fingerprint density at radius 1 is 0.625 bits per heavy atom. The van der Waals surface area contributed by atoms with Crippen molar-refractivity contribution in [3.05, 3.63) is 0 Å². The average Bonchev–Trinajstić information content (AvgIpc) is 2.20. The Morgan fingerprint density at radius 2 is 1.00 bits per heavy atom. The van der Waals surface area contributed by atoms with E-state index in [1.165, 1.54) is 24.3 Å². The number of hydrogen-bond acceptors (Lipinski definition) is 6. The van der Waals surface area contributed by atoms with Crippen LogP contribution in [-0.4, -0.2) is 23.8 Å². The van der Waals surface area contributed by atoms with Crippen LogP contribution in [0.4, 0.5) is 0 Å². The molecule has 0 aliphatic heterocycles. The Labute approximate surface area is 107 Å². The zero-order valence-corrected chi connectivity index (χ0v) is 11.6. The van der Waals surface area contributed by atoms with Gasteiger partial charge in [-0.05, 0) is 38.5 Å². The van der Waals surface area contributed by atoms with Crippen LogP contribution in [-0.2, 0) is 0 Å². The molecule has 0 rings (SSSR count). The first-order valence-electron chi connectivity index (χ1n) is 5.89. The lowest BCUT2D eigenvalue weighted by Crippen LogP contribution is -2.29. The predicted molar refractivity (Wildman–Crippen MR) is 76.9 cm³/mol. The van der Waals surface area contributed by atoms with Crippen LogP contribution < -0.4 is 22.9 Å². The standard InChI is InChI=1S/C10H26N4S2/c11-9(12)5-1-3-7-15-16-8-4-2-6-10(13)14/h9-10H,1-8,11-14H2. The number of rotatable bonds is 11. The first-order valence-corrected chi connectivity index (χ1v) is 8.38. The summed E-state index contributed by atoms with van der Waals surface area (Å²) in [5.41, 5.74) is 21.8. The van der Waals surface area contributed by atoms with Crippen LogP contribution in [0.5, 0.6) is 0 Å². The molecule has 0 aliphatic carbocycles. The molecule has 0 spiro atoms. The van der Waals surface area contributed by atoms with Gasteiger partial charge in [0.25, 0.3) is 0 Å². The van der Waals surface area contributed by atoms with E-state index in [2.05, 4.69) is 0 Å². The van der Waals surface area contributed by atoms with Crippen molar-refractivity contribution in [2.45, 2.75) is 50.9 Å². The Morgan fingerprint density at radius 3 is 1.31 bits per heavy atom. The molecule has 6 heteroatoms. The quantitative estimate of drug-likeness (QED) is 0.254. The van der Waals surface area contributed by atoms with Crippen LogP contribution in [0, 0.1) is 0 Å². The molecule has 0 bridgehead atoms. The number of unbranched alkanes of at least 4 members (excludes halogenated alkanes) is 2. The highest BCUT2D eigenvalue weighted by Crippen LogP contribution is 2.24. The van der Waals surface area contributed by atoms with Gasteiger partial charge in [-0.3, -0.25) is 0 Å². The minimum Gasteiger partial charge on any atom is -0.316 e. The van der Waals surface area contributed by atoms with Crippen molar-refractivity contribution in [1.29, 1.82) is 0 Å². The largest absolute Gasteiger partial charge is 0.316 e. The fraction of sp³-hybridized carbons (Fsp3) is 1.00. The summed E-state index contributed by atoms with van der Waals surface area (Å²) in [4.78, 5) is 0. The zero-order valence-electron chi connectivity index (χ0n) is 9.94. The van der Waals surface area contributed by atoms with Gasteiger partial charge in [0.05, 0.1) is 12.3 Å². The summed E-state index contributed by atoms with van der Waals surface area (Å²) in [5.74, 6) is 2.38. The van der Waals surface area contributed by atoms with Crippen LogP contribution in [0.2, 0.25) is 0 Å². The molecule has 0 saturated carbocycles. The van der Waals surface area contributed by atoms with E-state index in [4.69, 9.17) is 22.9 Å². The maximum absolute atomic E-state index is 5.46. The van der Waals surface area contributed by atoms with E-state index in [9.17, 15) is 0 Å². The van der Waals surface area contributed by atoms with Crippen molar-refractivity contribution < 1.29 is 0 Å². The smallest absolute Gasteiger partial charge is 0.0520 e. The van der Waals surface area contributed by atoms with Gasteiger partial charge in [0.15, 0.2) is 0 Å². The van der Waals surface area contributed by atoms with E-state index < -0.39 is 0 Å². The fourth-order valence-electron chi connectivity index (χ4n) is 1.20. The first kappa shape index (κ1) is 16.5. The van der Waals surface area contributed by atoms with Crippen molar-refractivity contribution in [2.75, 3.05) is 11.5 Å². The van der Waals surface area contributed by atoms with Crippen molar-refractivity contribution in [1.82, 2.24) is 0 Å². The lowest BCUT2D eigenvalue weighted by atomic mass is 10.2. The average molecular weight is 266 g/mol. The summed E-state index contributed by atoms with van der Waals surface area (Å²) in [5, 5.41) is 0. The van der Waals surface area contributed by atoms with Gasteiger partial charge >= 0.3 is 0 Å². The van der Waals surface area contributed by atoms with Gasteiger partial charge in [-0.15, -0.1) is 0 Å². The molecule has 0 heterocycles. The van der Waals surface area contributed by atoms with E-state index >= 15 is 0 Å². The lowest BCUT2D eigenvalue weighted by Gasteiger charge is -2.05. The molecule has 0 aromatic heterocycles. The molecule has 0 aromatic rings. The van der Waals surface area contributed by atoms with Crippen molar-refractivity contribution in [2.24, 2.45) is 22.9 Å². The molecule has 98 valence electrons. The topological polar surface area (TPSA) is 104 Å². The summed E-state index contributed by atoms with van der Waals surface area (Å²) in [6.45, 7) is 0. The molecule has 16 heavy (non-hydrogen) atoms. The van der Waals surface area contributed by atoms with Gasteiger partial charge in [0, 0.05) is 11.5 Å². The zero-order chi connectivity index (χ0) is 12.2. The van der Waals surface area contributed by atoms with Gasteiger partial charge in [-0.25, -0.2) is 0 Å². The van der Waals surface area contributed by atoms with Crippen LogP contribution in [0.1, 0.15) is 38.5 Å². The maximum Gasteiger partial charge on any atom is 0.0520 e. The summed E-state index contributed by atoms with van der Waals surface area (Å²) in [7, 11) is 3.87. The number of nitrogens with two attached hydrogens (primary N) is 4. The highest BCUT2D eigenvalue weighted by molar-refractivity contribution is 8.76. The molecule has 0 unspecified atom stereocenters. The second-order valence-electron chi connectivity index (χ2n) is 3.96. The number of hydrogen-bond donors (Lipinski definition) is 4. The Hall–Kier alpha value is 0.540. The summed E-state index contributed by atoms with van der Waals surface area (Å²) in [6.07, 6.45) is 6.25. The van der Waals surface area contributed by atoms with E-state index in [0.29, 0.717) is 0 Å². The van der Waals surface area contributed by atoms with Crippen molar-refractivity contribution in [3.63, 3.8) is 0 Å². The molecule has 0 amide bonds. The molecule has 4 nitrogen and oxygen atoms in total. The first-order chi connectivity index (χ1) is 7.63. The summed E-state index contributed by atoms with van der Waals surface area (Å²) in [6, 6.07) is 0. The van der Waals surface area contributed by atoms with Crippen LogP contribution in [0.3, 0.4) is 0 Å². The Kier molecular flexibility index (Phi) is 12.4. The van der Waals surface area contributed by atoms with Gasteiger partial charge in [0.1, 0.15) is 0 Å². The van der Waals surface area contributed by atoms with E-state index in [0.717, 1.165) is 25.7 Å². The Balaban J connectivity index is 2.93. The van der Waals surface area contributed by atoms with Crippen LogP contribution in [0.15, 0.2) is 0 Å². The third kappa shape index (κ3) is 14.5. The van der Waals surface area contributed by atoms with E-state index in [-0.39, 0.29) is 12.3 Å². The van der Waals surface area contributed by atoms with Crippen LogP contribution in [0.25, 0.3) is 0 Å². The minimum atomic E-state index is -0.141. The molecule has 8 N–H and O–H groups in total. The summed E-state index contributed by atoms with van der Waals surface area (Å²) < 4.78 is 0. The monoisotopic (exact) mass is 266 g/mol. The molecule has 0 aliphatic rings. The third-order valence-corrected chi connectivity index (χ3v) is 4.69. The maximum atomic E-state index is 5.46. The second-order valence-corrected chi connectivity index (χ2v) is 6.67. The highest BCUT2D eigenvalue weighted by atomic mass is 33.1. The molecule has 0 aromatic carbocycles. The normalized spacial score (nSPS) is 11.6. The van der Waals surface area contributed by atoms with Crippen molar-refractivity contribution in [3.8, 4) is 0 Å². The molecular formula is C10H26N4S2. The van der Waals surface area contributed by atoms with Gasteiger partial charge in [0.2, 0.25) is 0 Å².